The highest BCUT2D eigenvalue weighted by molar-refractivity contribution is 5.76. The monoisotopic (exact) mass is 282 g/mol. The third-order valence-corrected chi connectivity index (χ3v) is 5.06. The maximum absolute atomic E-state index is 12.6. The third kappa shape index (κ3) is 4.19. The fraction of sp³-hybridized carbons (Fsp3) is 0.938. The number of piperidine rings is 1. The van der Waals surface area contributed by atoms with Crippen LogP contribution in [-0.2, 0) is 4.79 Å². The summed E-state index contributed by atoms with van der Waals surface area (Å²) in [6.07, 6.45) is 7.79. The number of hydrogen-bond donors (Lipinski definition) is 2. The van der Waals surface area contributed by atoms with Gasteiger partial charge in [0.05, 0.1) is 6.61 Å². The van der Waals surface area contributed by atoms with E-state index in [0.29, 0.717) is 30.8 Å². The van der Waals surface area contributed by atoms with Crippen LogP contribution in [0.25, 0.3) is 0 Å². The van der Waals surface area contributed by atoms with E-state index in [2.05, 4.69) is 12.2 Å². The van der Waals surface area contributed by atoms with Gasteiger partial charge in [0, 0.05) is 19.0 Å². The lowest BCUT2D eigenvalue weighted by Crippen LogP contribution is -2.42. The molecule has 4 nitrogen and oxygen atoms in total. The van der Waals surface area contributed by atoms with Gasteiger partial charge in [-0.05, 0) is 50.6 Å². The van der Waals surface area contributed by atoms with Crippen molar-refractivity contribution in [2.45, 2.75) is 57.9 Å². The van der Waals surface area contributed by atoms with Gasteiger partial charge >= 0.3 is 0 Å². The van der Waals surface area contributed by atoms with E-state index in [4.69, 9.17) is 0 Å². The summed E-state index contributed by atoms with van der Waals surface area (Å²) in [4.78, 5) is 14.5. The molecule has 1 heterocycles. The maximum atomic E-state index is 12.6. The predicted octanol–water partition coefficient (Wildman–Crippen LogP) is 1.78. The van der Waals surface area contributed by atoms with E-state index in [-0.39, 0.29) is 12.5 Å². The number of aliphatic hydroxyl groups excluding tert-OH is 1. The molecule has 0 aromatic rings. The van der Waals surface area contributed by atoms with Crippen molar-refractivity contribution in [2.75, 3.05) is 26.2 Å². The zero-order chi connectivity index (χ0) is 14.4. The van der Waals surface area contributed by atoms with Gasteiger partial charge in [0.15, 0.2) is 0 Å². The van der Waals surface area contributed by atoms with E-state index in [9.17, 15) is 9.90 Å². The van der Waals surface area contributed by atoms with E-state index in [1.807, 2.05) is 4.90 Å². The molecule has 1 aliphatic carbocycles. The van der Waals surface area contributed by atoms with E-state index in [1.165, 1.54) is 25.7 Å². The Hall–Kier alpha value is -0.610. The number of aliphatic hydroxyl groups is 1. The molecule has 20 heavy (non-hydrogen) atoms. The van der Waals surface area contributed by atoms with Crippen LogP contribution in [0.1, 0.15) is 51.9 Å². The molecule has 4 heteroatoms. The number of amides is 1. The van der Waals surface area contributed by atoms with E-state index < -0.39 is 0 Å². The van der Waals surface area contributed by atoms with Crippen LogP contribution in [0, 0.1) is 11.8 Å². The second-order valence-corrected chi connectivity index (χ2v) is 6.54. The Morgan fingerprint density at radius 2 is 2.05 bits per heavy atom. The van der Waals surface area contributed by atoms with Crippen LogP contribution in [0.5, 0.6) is 0 Å². The molecule has 0 spiro atoms. The third-order valence-electron chi connectivity index (χ3n) is 5.06. The van der Waals surface area contributed by atoms with Crippen molar-refractivity contribution >= 4 is 5.91 Å². The number of rotatable bonds is 6. The van der Waals surface area contributed by atoms with Crippen LogP contribution in [0.4, 0.5) is 0 Å². The second-order valence-electron chi connectivity index (χ2n) is 6.54. The zero-order valence-corrected chi connectivity index (χ0v) is 12.8. The minimum Gasteiger partial charge on any atom is -0.395 e. The highest BCUT2D eigenvalue weighted by Gasteiger charge is 2.29. The lowest BCUT2D eigenvalue weighted by Gasteiger charge is -2.32. The van der Waals surface area contributed by atoms with Gasteiger partial charge in [-0.3, -0.25) is 4.79 Å². The van der Waals surface area contributed by atoms with E-state index in [1.54, 1.807) is 0 Å². The molecule has 1 saturated heterocycles. The van der Waals surface area contributed by atoms with Crippen molar-refractivity contribution in [2.24, 2.45) is 11.8 Å². The summed E-state index contributed by atoms with van der Waals surface area (Å²) < 4.78 is 0. The first-order chi connectivity index (χ1) is 9.72. The van der Waals surface area contributed by atoms with Gasteiger partial charge < -0.3 is 15.3 Å². The topological polar surface area (TPSA) is 52.6 Å². The van der Waals surface area contributed by atoms with Crippen molar-refractivity contribution in [3.63, 3.8) is 0 Å². The maximum Gasteiger partial charge on any atom is 0.223 e. The molecule has 2 rings (SSSR count). The molecule has 2 N–H and O–H groups in total. The fourth-order valence-corrected chi connectivity index (χ4v) is 3.76. The number of carbonyl (C=O) groups excluding carboxylic acids is 1. The first kappa shape index (κ1) is 15.8. The Labute approximate surface area is 122 Å². The molecule has 2 aliphatic rings. The number of nitrogens with zero attached hydrogens (tertiary/aromatic N) is 1. The Kier molecular flexibility index (Phi) is 6.30. The minimum atomic E-state index is 0.0849. The quantitative estimate of drug-likeness (QED) is 0.781. The molecule has 116 valence electrons. The smallest absolute Gasteiger partial charge is 0.223 e. The molecule has 2 atom stereocenters. The summed E-state index contributed by atoms with van der Waals surface area (Å²) in [6.45, 7) is 4.98. The molecular weight excluding hydrogens is 252 g/mol. The number of hydrogen-bond acceptors (Lipinski definition) is 3. The highest BCUT2D eigenvalue weighted by atomic mass is 16.3. The number of carbonyl (C=O) groups is 1. The Balaban J connectivity index is 1.86. The largest absolute Gasteiger partial charge is 0.395 e. The fourth-order valence-electron chi connectivity index (χ4n) is 3.76. The van der Waals surface area contributed by atoms with Crippen molar-refractivity contribution in [3.8, 4) is 0 Å². The lowest BCUT2D eigenvalue weighted by molar-refractivity contribution is -0.135. The summed E-state index contributed by atoms with van der Waals surface area (Å²) in [5, 5.41) is 12.7. The molecule has 0 aromatic heterocycles. The van der Waals surface area contributed by atoms with Gasteiger partial charge in [-0.15, -0.1) is 0 Å². The average molecular weight is 282 g/mol. The molecule has 2 fully saturated rings. The lowest BCUT2D eigenvalue weighted by atomic mass is 9.85. The van der Waals surface area contributed by atoms with Crippen molar-refractivity contribution in [1.29, 1.82) is 0 Å². The first-order valence-corrected chi connectivity index (χ1v) is 8.33. The van der Waals surface area contributed by atoms with Crippen molar-refractivity contribution < 1.29 is 9.90 Å². The molecule has 1 amide bonds. The van der Waals surface area contributed by atoms with E-state index >= 15 is 0 Å². The average Bonchev–Trinajstić information content (AvgIpc) is 2.99. The summed E-state index contributed by atoms with van der Waals surface area (Å²) >= 11 is 0. The Morgan fingerprint density at radius 1 is 1.30 bits per heavy atom. The van der Waals surface area contributed by atoms with Gasteiger partial charge in [0.2, 0.25) is 5.91 Å². The standard InChI is InChI=1S/C16H30N2O2/c1-13(14-5-4-8-17-12-14)11-16(20)18(9-10-19)15-6-2-3-7-15/h13-15,17,19H,2-12H2,1H3. The van der Waals surface area contributed by atoms with E-state index in [0.717, 1.165) is 25.9 Å². The van der Waals surface area contributed by atoms with Crippen molar-refractivity contribution in [3.05, 3.63) is 0 Å². The van der Waals surface area contributed by atoms with Gasteiger partial charge in [0.25, 0.3) is 0 Å². The Morgan fingerprint density at radius 3 is 2.65 bits per heavy atom. The summed E-state index contributed by atoms with van der Waals surface area (Å²) in [7, 11) is 0. The summed E-state index contributed by atoms with van der Waals surface area (Å²) in [5.41, 5.74) is 0. The predicted molar refractivity (Wildman–Crippen MR) is 80.4 cm³/mol. The summed E-state index contributed by atoms with van der Waals surface area (Å²) in [6, 6.07) is 0.381. The van der Waals surface area contributed by atoms with Gasteiger partial charge in [-0.2, -0.15) is 0 Å². The molecule has 0 radical (unpaired) electrons. The molecular formula is C16H30N2O2. The van der Waals surface area contributed by atoms with Gasteiger partial charge in [-0.1, -0.05) is 19.8 Å². The molecule has 0 bridgehead atoms. The second kappa shape index (κ2) is 7.99. The number of nitrogens with one attached hydrogen (secondary N) is 1. The van der Waals surface area contributed by atoms with Gasteiger partial charge in [-0.25, -0.2) is 0 Å². The van der Waals surface area contributed by atoms with Crippen LogP contribution in [-0.4, -0.2) is 48.2 Å². The highest BCUT2D eigenvalue weighted by Crippen LogP contribution is 2.27. The van der Waals surface area contributed by atoms with Crippen LogP contribution in [0.3, 0.4) is 0 Å². The first-order valence-electron chi connectivity index (χ1n) is 8.33. The van der Waals surface area contributed by atoms with Crippen LogP contribution in [0.15, 0.2) is 0 Å². The van der Waals surface area contributed by atoms with Crippen LogP contribution >= 0.6 is 0 Å². The molecule has 1 aliphatic heterocycles. The summed E-state index contributed by atoms with van der Waals surface area (Å²) in [5.74, 6) is 1.33. The normalized spacial score (nSPS) is 25.6. The minimum absolute atomic E-state index is 0.0849. The SMILES string of the molecule is CC(CC(=O)N(CCO)C1CCCC1)C1CCCNC1. The van der Waals surface area contributed by atoms with Crippen molar-refractivity contribution in [1.82, 2.24) is 10.2 Å². The van der Waals surface area contributed by atoms with Crippen LogP contribution < -0.4 is 5.32 Å². The molecule has 2 unspecified atom stereocenters. The molecule has 0 aromatic carbocycles. The van der Waals surface area contributed by atoms with Gasteiger partial charge in [0.1, 0.15) is 0 Å². The van der Waals surface area contributed by atoms with Crippen LogP contribution in [0.2, 0.25) is 0 Å². The Bertz CT molecular complexity index is 297. The zero-order valence-electron chi connectivity index (χ0n) is 12.8. The molecule has 1 saturated carbocycles.